The van der Waals surface area contributed by atoms with E-state index in [-0.39, 0.29) is 11.5 Å². The molecule has 2 aliphatic heterocycles. The third-order valence-electron chi connectivity index (χ3n) is 5.04. The quantitative estimate of drug-likeness (QED) is 0.793. The molecule has 4 rings (SSSR count). The summed E-state index contributed by atoms with van der Waals surface area (Å²) >= 11 is 1.61. The van der Waals surface area contributed by atoms with Crippen molar-refractivity contribution in [2.24, 2.45) is 0 Å². The van der Waals surface area contributed by atoms with Crippen LogP contribution >= 0.6 is 11.3 Å². The monoisotopic (exact) mass is 372 g/mol. The first kappa shape index (κ1) is 17.5. The van der Waals surface area contributed by atoms with Crippen molar-refractivity contribution in [3.05, 3.63) is 51.7 Å². The number of hydrogen-bond donors (Lipinski definition) is 2. The largest absolute Gasteiger partial charge is 0.492 e. The maximum Gasteiger partial charge on any atom is 0.261 e. The number of carbonyl (C=O) groups excluding carboxylic acids is 1. The minimum atomic E-state index is -0.190. The van der Waals surface area contributed by atoms with E-state index >= 15 is 0 Å². The maximum absolute atomic E-state index is 12.5. The standard InChI is InChI=1S/C20H24N2O3S/c23-19(22-11-13-24-15-4-2-1-3-5-15)18-14-16-17(26-18)6-12-25-20(16)7-9-21-10-8-20/h1-5,14,21H,6-13H2,(H,22,23). The lowest BCUT2D eigenvalue weighted by Crippen LogP contribution is -2.44. The Balaban J connectivity index is 1.37. The first-order valence-corrected chi connectivity index (χ1v) is 10.0. The van der Waals surface area contributed by atoms with E-state index in [2.05, 4.69) is 16.7 Å². The van der Waals surface area contributed by atoms with Crippen LogP contribution < -0.4 is 15.4 Å². The van der Waals surface area contributed by atoms with Crippen LogP contribution in [0.5, 0.6) is 5.75 Å². The number of para-hydroxylation sites is 1. The highest BCUT2D eigenvalue weighted by Gasteiger charge is 2.40. The highest BCUT2D eigenvalue weighted by molar-refractivity contribution is 7.14. The van der Waals surface area contributed by atoms with E-state index in [4.69, 9.17) is 9.47 Å². The molecule has 0 unspecified atom stereocenters. The average molecular weight is 372 g/mol. The Labute approximate surface area is 157 Å². The molecule has 1 spiro atoms. The van der Waals surface area contributed by atoms with Gasteiger partial charge in [0.1, 0.15) is 12.4 Å². The molecule has 0 atom stereocenters. The van der Waals surface area contributed by atoms with Gasteiger partial charge in [0.2, 0.25) is 0 Å². The number of fused-ring (bicyclic) bond motifs is 2. The number of ether oxygens (including phenoxy) is 2. The van der Waals surface area contributed by atoms with Gasteiger partial charge in [-0.05, 0) is 49.7 Å². The highest BCUT2D eigenvalue weighted by atomic mass is 32.1. The number of thiophene rings is 1. The molecule has 1 saturated heterocycles. The molecule has 0 radical (unpaired) electrons. The van der Waals surface area contributed by atoms with E-state index in [1.54, 1.807) is 11.3 Å². The van der Waals surface area contributed by atoms with Gasteiger partial charge in [0.25, 0.3) is 5.91 Å². The number of hydrogen-bond acceptors (Lipinski definition) is 5. The third-order valence-corrected chi connectivity index (χ3v) is 6.24. The van der Waals surface area contributed by atoms with Crippen LogP contribution in [0.3, 0.4) is 0 Å². The number of amides is 1. The SMILES string of the molecule is O=C(NCCOc1ccccc1)c1cc2c(s1)CCOC21CCNCC1. The Bertz CT molecular complexity index is 754. The van der Waals surface area contributed by atoms with Crippen LogP contribution in [0.2, 0.25) is 0 Å². The van der Waals surface area contributed by atoms with Crippen molar-refractivity contribution in [2.45, 2.75) is 24.9 Å². The van der Waals surface area contributed by atoms with E-state index in [1.165, 1.54) is 10.4 Å². The molecule has 0 bridgehead atoms. The molecule has 138 valence electrons. The molecule has 3 heterocycles. The summed E-state index contributed by atoms with van der Waals surface area (Å²) < 4.78 is 11.8. The summed E-state index contributed by atoms with van der Waals surface area (Å²) in [5, 5.41) is 6.36. The van der Waals surface area contributed by atoms with Crippen molar-refractivity contribution in [3.8, 4) is 5.75 Å². The molecule has 1 aromatic carbocycles. The van der Waals surface area contributed by atoms with Crippen molar-refractivity contribution in [1.82, 2.24) is 10.6 Å². The minimum absolute atomic E-state index is 0.0230. The van der Waals surface area contributed by atoms with E-state index in [0.29, 0.717) is 13.2 Å². The summed E-state index contributed by atoms with van der Waals surface area (Å²) in [4.78, 5) is 14.6. The Morgan fingerprint density at radius 3 is 2.88 bits per heavy atom. The van der Waals surface area contributed by atoms with E-state index in [1.807, 2.05) is 30.3 Å². The van der Waals surface area contributed by atoms with E-state index in [0.717, 1.165) is 49.6 Å². The number of piperidine rings is 1. The van der Waals surface area contributed by atoms with Gasteiger partial charge in [-0.15, -0.1) is 11.3 Å². The second kappa shape index (κ2) is 7.78. The molecule has 2 N–H and O–H groups in total. The summed E-state index contributed by atoms with van der Waals surface area (Å²) in [6.45, 7) is 3.63. The zero-order valence-electron chi connectivity index (χ0n) is 14.8. The van der Waals surface area contributed by atoms with Crippen LogP contribution in [0.15, 0.2) is 36.4 Å². The van der Waals surface area contributed by atoms with E-state index in [9.17, 15) is 4.79 Å². The molecule has 1 amide bonds. The second-order valence-electron chi connectivity index (χ2n) is 6.71. The molecular formula is C20H24N2O3S. The number of nitrogens with one attached hydrogen (secondary N) is 2. The van der Waals surface area contributed by atoms with Crippen molar-refractivity contribution in [2.75, 3.05) is 32.8 Å². The predicted octanol–water partition coefficient (Wildman–Crippen LogP) is 2.71. The zero-order valence-corrected chi connectivity index (χ0v) is 15.6. The zero-order chi connectivity index (χ0) is 17.8. The Morgan fingerprint density at radius 2 is 2.08 bits per heavy atom. The number of benzene rings is 1. The third kappa shape index (κ3) is 3.63. The topological polar surface area (TPSA) is 59.6 Å². The van der Waals surface area contributed by atoms with Gasteiger partial charge in [-0.3, -0.25) is 4.79 Å². The van der Waals surface area contributed by atoms with E-state index < -0.39 is 0 Å². The normalized spacial score (nSPS) is 18.3. The molecule has 0 aliphatic carbocycles. The van der Waals surface area contributed by atoms with Crippen molar-refractivity contribution in [1.29, 1.82) is 0 Å². The average Bonchev–Trinajstić information content (AvgIpc) is 3.13. The van der Waals surface area contributed by atoms with Gasteiger partial charge in [-0.1, -0.05) is 18.2 Å². The second-order valence-corrected chi connectivity index (χ2v) is 7.84. The number of rotatable bonds is 5. The molecule has 1 fully saturated rings. The van der Waals surface area contributed by atoms with Crippen LogP contribution in [0.1, 0.15) is 33.0 Å². The van der Waals surface area contributed by atoms with Gasteiger partial charge in [0.05, 0.1) is 23.6 Å². The van der Waals surface area contributed by atoms with Crippen LogP contribution in [-0.4, -0.2) is 38.8 Å². The van der Waals surface area contributed by atoms with Crippen molar-refractivity contribution in [3.63, 3.8) is 0 Å². The molecule has 5 nitrogen and oxygen atoms in total. The molecular weight excluding hydrogens is 348 g/mol. The molecule has 2 aromatic rings. The molecule has 0 saturated carbocycles. The van der Waals surface area contributed by atoms with Gasteiger partial charge >= 0.3 is 0 Å². The molecule has 26 heavy (non-hydrogen) atoms. The van der Waals surface area contributed by atoms with Crippen LogP contribution in [0.25, 0.3) is 0 Å². The van der Waals surface area contributed by atoms with Gasteiger partial charge in [-0.25, -0.2) is 0 Å². The summed E-state index contributed by atoms with van der Waals surface area (Å²) in [7, 11) is 0. The lowest BCUT2D eigenvalue weighted by molar-refractivity contribution is -0.0792. The Hall–Kier alpha value is -1.89. The molecule has 1 aromatic heterocycles. The first-order valence-electron chi connectivity index (χ1n) is 9.21. The van der Waals surface area contributed by atoms with Crippen LogP contribution in [0, 0.1) is 0 Å². The smallest absolute Gasteiger partial charge is 0.261 e. The fourth-order valence-corrected chi connectivity index (χ4v) is 4.86. The fraction of sp³-hybridized carbons (Fsp3) is 0.450. The van der Waals surface area contributed by atoms with Gasteiger partial charge in [0.15, 0.2) is 0 Å². The van der Waals surface area contributed by atoms with Crippen LogP contribution in [0.4, 0.5) is 0 Å². The van der Waals surface area contributed by atoms with Crippen molar-refractivity contribution < 1.29 is 14.3 Å². The van der Waals surface area contributed by atoms with Crippen LogP contribution in [-0.2, 0) is 16.8 Å². The minimum Gasteiger partial charge on any atom is -0.492 e. The Kier molecular flexibility index (Phi) is 5.24. The molecule has 2 aliphatic rings. The summed E-state index contributed by atoms with van der Waals surface area (Å²) in [5.74, 6) is 0.795. The highest BCUT2D eigenvalue weighted by Crippen LogP contribution is 2.43. The first-order chi connectivity index (χ1) is 12.8. The van der Waals surface area contributed by atoms with Gasteiger partial charge < -0.3 is 20.1 Å². The predicted molar refractivity (Wildman–Crippen MR) is 102 cm³/mol. The summed E-state index contributed by atoms with van der Waals surface area (Å²) in [6.07, 6.45) is 2.85. The number of carbonyl (C=O) groups is 1. The lowest BCUT2D eigenvalue weighted by atomic mass is 9.83. The molecule has 6 heteroatoms. The fourth-order valence-electron chi connectivity index (χ4n) is 3.71. The maximum atomic E-state index is 12.5. The van der Waals surface area contributed by atoms with Gasteiger partial charge in [-0.2, -0.15) is 0 Å². The van der Waals surface area contributed by atoms with Crippen molar-refractivity contribution >= 4 is 17.2 Å². The lowest BCUT2D eigenvalue weighted by Gasteiger charge is -2.40. The summed E-state index contributed by atoms with van der Waals surface area (Å²) in [6, 6.07) is 11.7. The van der Waals surface area contributed by atoms with Gasteiger partial charge in [0, 0.05) is 11.3 Å². The summed E-state index contributed by atoms with van der Waals surface area (Å²) in [5.41, 5.74) is 1.05. The Morgan fingerprint density at radius 1 is 1.27 bits per heavy atom.